The highest BCUT2D eigenvalue weighted by Gasteiger charge is 2.11. The van der Waals surface area contributed by atoms with Crippen molar-refractivity contribution in [1.82, 2.24) is 0 Å². The van der Waals surface area contributed by atoms with Gasteiger partial charge in [-0.05, 0) is 34.4 Å². The molecular weight excluding hydrogens is 304 g/mol. The van der Waals surface area contributed by atoms with Crippen LogP contribution in [0.3, 0.4) is 0 Å². The Morgan fingerprint density at radius 1 is 0.440 bits per heavy atom. The number of hydrogen-bond acceptors (Lipinski definition) is 1. The molecule has 25 heavy (non-hydrogen) atoms. The lowest BCUT2D eigenvalue weighted by Gasteiger charge is -2.06. The monoisotopic (exact) mass is 320 g/mol. The number of fused-ring (bicyclic) bond motifs is 3. The number of hydrogen-bond donors (Lipinski definition) is 0. The summed E-state index contributed by atoms with van der Waals surface area (Å²) in [4.78, 5) is 0. The van der Waals surface area contributed by atoms with Crippen LogP contribution in [0.25, 0.3) is 44.2 Å². The van der Waals surface area contributed by atoms with Gasteiger partial charge in [0.05, 0.1) is 0 Å². The number of benzene rings is 4. The minimum Gasteiger partial charge on any atom is -0.456 e. The second-order valence-corrected chi connectivity index (χ2v) is 6.22. The van der Waals surface area contributed by atoms with Crippen molar-refractivity contribution in [2.75, 3.05) is 0 Å². The van der Waals surface area contributed by atoms with Crippen molar-refractivity contribution in [3.63, 3.8) is 0 Å². The van der Waals surface area contributed by atoms with Gasteiger partial charge in [-0.15, -0.1) is 0 Å². The minimum atomic E-state index is 0.936. The van der Waals surface area contributed by atoms with Crippen LogP contribution in [0.1, 0.15) is 0 Å². The Bertz CT molecular complexity index is 1170. The molecule has 0 aliphatic carbocycles. The van der Waals surface area contributed by atoms with Crippen LogP contribution < -0.4 is 0 Å². The van der Waals surface area contributed by atoms with E-state index in [-0.39, 0.29) is 0 Å². The topological polar surface area (TPSA) is 13.1 Å². The fraction of sp³-hybridized carbons (Fsp3) is 0. The van der Waals surface area contributed by atoms with Crippen LogP contribution in [0.15, 0.2) is 101 Å². The molecule has 0 amide bonds. The summed E-state index contributed by atoms with van der Waals surface area (Å²) < 4.78 is 6.01. The van der Waals surface area contributed by atoms with Crippen LogP contribution in [0.2, 0.25) is 0 Å². The number of furan rings is 1. The first-order valence-electron chi connectivity index (χ1n) is 8.46. The van der Waals surface area contributed by atoms with E-state index in [1.807, 2.05) is 24.3 Å². The molecule has 5 rings (SSSR count). The highest BCUT2D eigenvalue weighted by atomic mass is 16.3. The summed E-state index contributed by atoms with van der Waals surface area (Å²) >= 11 is 0. The number of rotatable bonds is 2. The third kappa shape index (κ3) is 2.33. The molecule has 0 saturated carbocycles. The lowest BCUT2D eigenvalue weighted by molar-refractivity contribution is 0.669. The van der Waals surface area contributed by atoms with E-state index in [0.29, 0.717) is 0 Å². The predicted molar refractivity (Wildman–Crippen MR) is 105 cm³/mol. The summed E-state index contributed by atoms with van der Waals surface area (Å²) in [6, 6.07) is 33.7. The van der Waals surface area contributed by atoms with Gasteiger partial charge in [-0.25, -0.2) is 0 Å². The summed E-state index contributed by atoms with van der Waals surface area (Å²) in [5.74, 6) is 0. The molecule has 1 heteroatoms. The molecule has 118 valence electrons. The van der Waals surface area contributed by atoms with E-state index in [1.54, 1.807) is 0 Å². The van der Waals surface area contributed by atoms with Crippen LogP contribution in [-0.4, -0.2) is 0 Å². The Kier molecular flexibility index (Phi) is 3.17. The Morgan fingerprint density at radius 2 is 1.08 bits per heavy atom. The normalized spacial score (nSPS) is 11.2. The van der Waals surface area contributed by atoms with Crippen molar-refractivity contribution in [3.8, 4) is 22.3 Å². The van der Waals surface area contributed by atoms with Crippen molar-refractivity contribution in [2.45, 2.75) is 0 Å². The molecule has 0 unspecified atom stereocenters. The standard InChI is InChI=1S/C24H16O/c1-2-7-17(8-3-1)18-13-15-19(16-14-18)20-10-6-12-23-24(20)21-9-4-5-11-22(21)25-23/h1-16H. The molecule has 0 N–H and O–H groups in total. The lowest BCUT2D eigenvalue weighted by Crippen LogP contribution is -1.81. The van der Waals surface area contributed by atoms with E-state index >= 15 is 0 Å². The molecule has 1 nitrogen and oxygen atoms in total. The summed E-state index contributed by atoms with van der Waals surface area (Å²) in [5.41, 5.74) is 6.75. The van der Waals surface area contributed by atoms with E-state index in [4.69, 9.17) is 4.42 Å². The van der Waals surface area contributed by atoms with Crippen LogP contribution in [0.5, 0.6) is 0 Å². The average Bonchev–Trinajstić information content (AvgIpc) is 3.08. The zero-order valence-corrected chi connectivity index (χ0v) is 13.6. The largest absolute Gasteiger partial charge is 0.456 e. The van der Waals surface area contributed by atoms with Crippen molar-refractivity contribution in [1.29, 1.82) is 0 Å². The third-order valence-corrected chi connectivity index (χ3v) is 4.71. The van der Waals surface area contributed by atoms with Gasteiger partial charge in [-0.2, -0.15) is 0 Å². The molecule has 5 aromatic rings. The molecule has 1 aromatic heterocycles. The Balaban J connectivity index is 1.68. The van der Waals surface area contributed by atoms with Crippen LogP contribution >= 0.6 is 0 Å². The van der Waals surface area contributed by atoms with Gasteiger partial charge in [0.2, 0.25) is 0 Å². The molecule has 0 atom stereocenters. The average molecular weight is 320 g/mol. The molecule has 0 radical (unpaired) electrons. The number of para-hydroxylation sites is 1. The first-order valence-corrected chi connectivity index (χ1v) is 8.46. The molecule has 0 spiro atoms. The lowest BCUT2D eigenvalue weighted by atomic mass is 9.97. The second-order valence-electron chi connectivity index (χ2n) is 6.22. The van der Waals surface area contributed by atoms with E-state index in [2.05, 4.69) is 72.8 Å². The van der Waals surface area contributed by atoms with Gasteiger partial charge in [0.15, 0.2) is 0 Å². The fourth-order valence-electron chi connectivity index (χ4n) is 3.49. The van der Waals surface area contributed by atoms with Gasteiger partial charge in [0.25, 0.3) is 0 Å². The quantitative estimate of drug-likeness (QED) is 0.344. The highest BCUT2D eigenvalue weighted by molar-refractivity contribution is 6.12. The summed E-state index contributed by atoms with van der Waals surface area (Å²) in [7, 11) is 0. The summed E-state index contributed by atoms with van der Waals surface area (Å²) in [6.45, 7) is 0. The zero-order valence-electron chi connectivity index (χ0n) is 13.6. The van der Waals surface area contributed by atoms with Gasteiger partial charge in [0, 0.05) is 10.8 Å². The van der Waals surface area contributed by atoms with E-state index < -0.39 is 0 Å². The van der Waals surface area contributed by atoms with E-state index in [0.717, 1.165) is 11.2 Å². The van der Waals surface area contributed by atoms with Crippen molar-refractivity contribution >= 4 is 21.9 Å². The molecular formula is C24H16O. The predicted octanol–water partition coefficient (Wildman–Crippen LogP) is 6.92. The third-order valence-electron chi connectivity index (χ3n) is 4.71. The van der Waals surface area contributed by atoms with Crippen LogP contribution in [0, 0.1) is 0 Å². The van der Waals surface area contributed by atoms with Gasteiger partial charge in [0.1, 0.15) is 11.2 Å². The van der Waals surface area contributed by atoms with Gasteiger partial charge in [-0.3, -0.25) is 0 Å². The molecule has 0 saturated heterocycles. The zero-order chi connectivity index (χ0) is 16.6. The minimum absolute atomic E-state index is 0.936. The summed E-state index contributed by atoms with van der Waals surface area (Å²) in [6.07, 6.45) is 0. The highest BCUT2D eigenvalue weighted by Crippen LogP contribution is 2.36. The van der Waals surface area contributed by atoms with Crippen molar-refractivity contribution in [2.24, 2.45) is 0 Å². The van der Waals surface area contributed by atoms with E-state index in [1.165, 1.54) is 33.0 Å². The first kappa shape index (κ1) is 14.1. The molecule has 1 heterocycles. The molecule has 0 aliphatic heterocycles. The first-order chi connectivity index (χ1) is 12.4. The SMILES string of the molecule is c1ccc(-c2ccc(-c3cccc4oc5ccccc5c34)cc2)cc1. The Labute approximate surface area is 146 Å². The second kappa shape index (κ2) is 5.64. The van der Waals surface area contributed by atoms with Crippen LogP contribution in [-0.2, 0) is 0 Å². The molecule has 4 aromatic carbocycles. The molecule has 0 fully saturated rings. The maximum atomic E-state index is 6.01. The van der Waals surface area contributed by atoms with Crippen LogP contribution in [0.4, 0.5) is 0 Å². The van der Waals surface area contributed by atoms with Crippen molar-refractivity contribution < 1.29 is 4.42 Å². The smallest absolute Gasteiger partial charge is 0.136 e. The Hall–Kier alpha value is -3.32. The van der Waals surface area contributed by atoms with Gasteiger partial charge >= 0.3 is 0 Å². The fourth-order valence-corrected chi connectivity index (χ4v) is 3.49. The summed E-state index contributed by atoms with van der Waals surface area (Å²) in [5, 5.41) is 2.35. The molecule has 0 bridgehead atoms. The van der Waals surface area contributed by atoms with Gasteiger partial charge in [-0.1, -0.05) is 84.9 Å². The maximum Gasteiger partial charge on any atom is 0.136 e. The van der Waals surface area contributed by atoms with Crippen molar-refractivity contribution in [3.05, 3.63) is 97.1 Å². The van der Waals surface area contributed by atoms with Gasteiger partial charge < -0.3 is 4.42 Å². The Morgan fingerprint density at radius 3 is 1.92 bits per heavy atom. The molecule has 0 aliphatic rings. The van der Waals surface area contributed by atoms with E-state index in [9.17, 15) is 0 Å². The maximum absolute atomic E-state index is 6.01.